The van der Waals surface area contributed by atoms with Gasteiger partial charge in [-0.15, -0.1) is 0 Å². The molecule has 0 atom stereocenters. The zero-order valence-electron chi connectivity index (χ0n) is 37.0. The molecule has 3 heterocycles. The average molecular weight is 867 g/mol. The lowest BCUT2D eigenvalue weighted by Gasteiger charge is -2.12. The summed E-state index contributed by atoms with van der Waals surface area (Å²) in [6.45, 7) is 0. The number of aromatic nitrogens is 4. The number of benzene rings is 10. The van der Waals surface area contributed by atoms with Crippen LogP contribution in [-0.2, 0) is 0 Å². The summed E-state index contributed by atoms with van der Waals surface area (Å²) in [7, 11) is 0. The predicted molar refractivity (Wildman–Crippen MR) is 283 cm³/mol. The molecule has 0 saturated carbocycles. The molecule has 0 aliphatic heterocycles. The Bertz CT molecular complexity index is 3910. The van der Waals surface area contributed by atoms with Gasteiger partial charge in [-0.3, -0.25) is 0 Å². The maximum Gasteiger partial charge on any atom is 0.160 e. The monoisotopic (exact) mass is 866 g/mol. The molecule has 4 nitrogen and oxygen atoms in total. The highest BCUT2D eigenvalue weighted by Crippen LogP contribution is 2.39. The van der Waals surface area contributed by atoms with Gasteiger partial charge in [0.05, 0.1) is 33.5 Å². The summed E-state index contributed by atoms with van der Waals surface area (Å²) in [5.41, 5.74) is 19.0. The Morgan fingerprint density at radius 2 is 0.588 bits per heavy atom. The molecule has 13 aromatic rings. The molecular weight excluding hydrogens is 825 g/mol. The highest BCUT2D eigenvalue weighted by molar-refractivity contribution is 6.12. The van der Waals surface area contributed by atoms with Gasteiger partial charge in [-0.2, -0.15) is 0 Å². The lowest BCUT2D eigenvalue weighted by Crippen LogP contribution is -1.97. The van der Waals surface area contributed by atoms with E-state index in [4.69, 9.17) is 9.97 Å². The first-order valence-electron chi connectivity index (χ1n) is 23.1. The van der Waals surface area contributed by atoms with Crippen LogP contribution in [0.4, 0.5) is 0 Å². The Kier molecular flexibility index (Phi) is 9.47. The van der Waals surface area contributed by atoms with Gasteiger partial charge >= 0.3 is 0 Å². The summed E-state index contributed by atoms with van der Waals surface area (Å²) < 4.78 is 4.79. The van der Waals surface area contributed by atoms with Gasteiger partial charge in [0.2, 0.25) is 0 Å². The van der Waals surface area contributed by atoms with Crippen LogP contribution in [0.2, 0.25) is 0 Å². The fraction of sp³-hybridized carbons (Fsp3) is 0. The summed E-state index contributed by atoms with van der Waals surface area (Å²) in [6.07, 6.45) is 0. The lowest BCUT2D eigenvalue weighted by atomic mass is 10.00. The van der Waals surface area contributed by atoms with Crippen molar-refractivity contribution in [2.45, 2.75) is 0 Å². The first-order chi connectivity index (χ1) is 33.7. The number of fused-ring (bicyclic) bond motifs is 6. The smallest absolute Gasteiger partial charge is 0.160 e. The van der Waals surface area contributed by atoms with Crippen molar-refractivity contribution in [2.24, 2.45) is 0 Å². The zero-order chi connectivity index (χ0) is 45.0. The van der Waals surface area contributed by atoms with Gasteiger partial charge in [0.25, 0.3) is 0 Å². The van der Waals surface area contributed by atoms with E-state index in [0.717, 1.165) is 45.0 Å². The van der Waals surface area contributed by atoms with Crippen molar-refractivity contribution in [3.8, 4) is 78.7 Å². The van der Waals surface area contributed by atoms with Crippen LogP contribution in [0.15, 0.2) is 255 Å². The number of hydrogen-bond donors (Lipinski definition) is 0. The van der Waals surface area contributed by atoms with Gasteiger partial charge < -0.3 is 9.13 Å². The molecule has 68 heavy (non-hydrogen) atoms. The molecule has 0 fully saturated rings. The standard InChI is InChI=1S/C64H42N4/c1-4-14-43(15-5-1)44-24-26-45(27-25-44)46-28-34-53(35-29-46)68-60-22-12-10-20-54(60)56-38-32-51(41-63(56)68)50-33-39-62-57(40-50)55-21-11-13-23-61(55)67(62)52-36-30-48(31-37-52)59-42-58(47-16-6-2-7-17-47)65-64(66-59)49-18-8-3-9-19-49/h1-42H. The Balaban J connectivity index is 0.864. The molecule has 0 saturated heterocycles. The van der Waals surface area contributed by atoms with Crippen LogP contribution >= 0.6 is 0 Å². The highest BCUT2D eigenvalue weighted by atomic mass is 15.0. The molecular formula is C64H42N4. The van der Waals surface area contributed by atoms with Crippen molar-refractivity contribution in [3.63, 3.8) is 0 Å². The molecule has 10 aromatic carbocycles. The van der Waals surface area contributed by atoms with E-state index in [-0.39, 0.29) is 0 Å². The predicted octanol–water partition coefficient (Wildman–Crippen LogP) is 16.7. The Morgan fingerprint density at radius 3 is 1.18 bits per heavy atom. The van der Waals surface area contributed by atoms with Gasteiger partial charge in [0, 0.05) is 49.6 Å². The SMILES string of the molecule is c1ccc(-c2ccc(-c3ccc(-n4c5ccccc5c5ccc(-c6ccc7c(c6)c6ccccc6n7-c6ccc(-c7cc(-c8ccccc8)nc(-c8ccccc8)n7)cc6)cc54)cc3)cc2)cc1. The van der Waals surface area contributed by atoms with Gasteiger partial charge in [-0.05, 0) is 94.0 Å². The maximum atomic E-state index is 5.09. The number of rotatable bonds is 8. The van der Waals surface area contributed by atoms with Crippen LogP contribution in [0.25, 0.3) is 122 Å². The number of para-hydroxylation sites is 2. The van der Waals surface area contributed by atoms with Crippen LogP contribution < -0.4 is 0 Å². The zero-order valence-corrected chi connectivity index (χ0v) is 37.0. The quantitative estimate of drug-likeness (QED) is 0.153. The Hall–Kier alpha value is -9.12. The third kappa shape index (κ3) is 6.86. The summed E-state index contributed by atoms with van der Waals surface area (Å²) >= 11 is 0. The van der Waals surface area contributed by atoms with E-state index in [1.54, 1.807) is 0 Å². The fourth-order valence-corrected chi connectivity index (χ4v) is 10.00. The summed E-state index contributed by atoms with van der Waals surface area (Å²) in [6, 6.07) is 91.2. The van der Waals surface area contributed by atoms with Gasteiger partial charge in [-0.1, -0.05) is 194 Å². The number of hydrogen-bond acceptors (Lipinski definition) is 2. The van der Waals surface area contributed by atoms with Crippen LogP contribution in [-0.4, -0.2) is 19.1 Å². The second kappa shape index (κ2) is 16.4. The van der Waals surface area contributed by atoms with Gasteiger partial charge in [0.15, 0.2) is 5.82 Å². The van der Waals surface area contributed by atoms with Crippen LogP contribution in [0, 0.1) is 0 Å². The molecule has 0 radical (unpaired) electrons. The fourth-order valence-electron chi connectivity index (χ4n) is 10.00. The molecule has 13 rings (SSSR count). The van der Waals surface area contributed by atoms with E-state index in [1.807, 2.05) is 24.3 Å². The second-order valence-electron chi connectivity index (χ2n) is 17.4. The molecule has 3 aromatic heterocycles. The molecule has 0 bridgehead atoms. The van der Waals surface area contributed by atoms with Crippen molar-refractivity contribution < 1.29 is 0 Å². The van der Waals surface area contributed by atoms with Gasteiger partial charge in [-0.25, -0.2) is 9.97 Å². The highest BCUT2D eigenvalue weighted by Gasteiger charge is 2.17. The first kappa shape index (κ1) is 39.3. The van der Waals surface area contributed by atoms with Crippen molar-refractivity contribution in [1.82, 2.24) is 19.1 Å². The van der Waals surface area contributed by atoms with E-state index in [9.17, 15) is 0 Å². The Morgan fingerprint density at radius 1 is 0.221 bits per heavy atom. The van der Waals surface area contributed by atoms with E-state index in [0.29, 0.717) is 5.82 Å². The minimum Gasteiger partial charge on any atom is -0.309 e. The van der Waals surface area contributed by atoms with Gasteiger partial charge in [0.1, 0.15) is 0 Å². The van der Waals surface area contributed by atoms with E-state index >= 15 is 0 Å². The third-order valence-corrected chi connectivity index (χ3v) is 13.4. The van der Waals surface area contributed by atoms with Crippen LogP contribution in [0.5, 0.6) is 0 Å². The van der Waals surface area contributed by atoms with Crippen molar-refractivity contribution in [3.05, 3.63) is 255 Å². The molecule has 0 aliphatic rings. The maximum absolute atomic E-state index is 5.09. The molecule has 0 amide bonds. The number of nitrogens with zero attached hydrogens (tertiary/aromatic N) is 4. The molecule has 0 spiro atoms. The molecule has 4 heteroatoms. The van der Waals surface area contributed by atoms with E-state index in [1.165, 1.54) is 71.5 Å². The summed E-state index contributed by atoms with van der Waals surface area (Å²) in [5, 5.41) is 4.91. The molecule has 318 valence electrons. The largest absolute Gasteiger partial charge is 0.309 e. The summed E-state index contributed by atoms with van der Waals surface area (Å²) in [4.78, 5) is 10.1. The van der Waals surface area contributed by atoms with Crippen LogP contribution in [0.1, 0.15) is 0 Å². The first-order valence-corrected chi connectivity index (χ1v) is 23.1. The van der Waals surface area contributed by atoms with Crippen LogP contribution in [0.3, 0.4) is 0 Å². The average Bonchev–Trinajstić information content (AvgIpc) is 3.94. The second-order valence-corrected chi connectivity index (χ2v) is 17.4. The normalized spacial score (nSPS) is 11.5. The molecule has 0 aliphatic carbocycles. The Labute approximate surface area is 394 Å². The lowest BCUT2D eigenvalue weighted by molar-refractivity contribution is 1.17. The van der Waals surface area contributed by atoms with Crippen molar-refractivity contribution >= 4 is 43.6 Å². The third-order valence-electron chi connectivity index (χ3n) is 13.4. The minimum atomic E-state index is 0.709. The van der Waals surface area contributed by atoms with E-state index < -0.39 is 0 Å². The molecule has 0 unspecified atom stereocenters. The minimum absolute atomic E-state index is 0.709. The molecule has 0 N–H and O–H groups in total. The van der Waals surface area contributed by atoms with Crippen molar-refractivity contribution in [2.75, 3.05) is 0 Å². The van der Waals surface area contributed by atoms with E-state index in [2.05, 4.69) is 240 Å². The topological polar surface area (TPSA) is 35.6 Å². The van der Waals surface area contributed by atoms with Crippen molar-refractivity contribution in [1.29, 1.82) is 0 Å². The summed E-state index contributed by atoms with van der Waals surface area (Å²) in [5.74, 6) is 0.709.